The fraction of sp³-hybridized carbons (Fsp3) is 0.818. The van der Waals surface area contributed by atoms with Crippen LogP contribution in [0, 0.1) is 5.41 Å². The molecule has 0 bridgehead atoms. The SMILES string of the molecule is CC(C)(C)[C@@H](N)c1nc(N2CCOCC2)no1. The minimum absolute atomic E-state index is 0.0885. The largest absolute Gasteiger partial charge is 0.378 e. The van der Waals surface area contributed by atoms with Gasteiger partial charge in [-0.25, -0.2) is 0 Å². The Labute approximate surface area is 101 Å². The lowest BCUT2D eigenvalue weighted by Gasteiger charge is -2.25. The standard InChI is InChI=1S/C11H20N4O2/c1-11(2,3)8(12)9-13-10(14-17-9)15-4-6-16-7-5-15/h8H,4-7,12H2,1-3H3/t8-/m0/s1. The first-order valence-electron chi connectivity index (χ1n) is 5.90. The van der Waals surface area contributed by atoms with Crippen LogP contribution in [0.25, 0.3) is 0 Å². The summed E-state index contributed by atoms with van der Waals surface area (Å²) in [5.41, 5.74) is 5.99. The van der Waals surface area contributed by atoms with Crippen molar-refractivity contribution >= 4 is 5.95 Å². The Morgan fingerprint density at radius 3 is 2.53 bits per heavy atom. The highest BCUT2D eigenvalue weighted by Crippen LogP contribution is 2.30. The summed E-state index contributed by atoms with van der Waals surface area (Å²) in [4.78, 5) is 6.42. The number of nitrogens with two attached hydrogens (primary N) is 1. The van der Waals surface area contributed by atoms with Crippen LogP contribution in [0.5, 0.6) is 0 Å². The summed E-state index contributed by atoms with van der Waals surface area (Å²) in [6, 6.07) is -0.246. The molecule has 2 N–H and O–H groups in total. The first-order valence-corrected chi connectivity index (χ1v) is 5.90. The predicted molar refractivity (Wildman–Crippen MR) is 63.7 cm³/mol. The summed E-state index contributed by atoms with van der Waals surface area (Å²) >= 11 is 0. The van der Waals surface area contributed by atoms with Gasteiger partial charge < -0.3 is 19.9 Å². The molecule has 1 aliphatic rings. The highest BCUT2D eigenvalue weighted by atomic mass is 16.5. The van der Waals surface area contributed by atoms with Gasteiger partial charge in [-0.1, -0.05) is 20.8 Å². The second-order valence-corrected chi connectivity index (χ2v) is 5.38. The fourth-order valence-electron chi connectivity index (χ4n) is 1.62. The molecule has 0 radical (unpaired) electrons. The van der Waals surface area contributed by atoms with Gasteiger partial charge in [-0.3, -0.25) is 0 Å². The monoisotopic (exact) mass is 240 g/mol. The number of ether oxygens (including phenoxy) is 1. The lowest BCUT2D eigenvalue weighted by molar-refractivity contribution is 0.121. The van der Waals surface area contributed by atoms with Gasteiger partial charge in [0, 0.05) is 13.1 Å². The fourth-order valence-corrected chi connectivity index (χ4v) is 1.62. The molecule has 17 heavy (non-hydrogen) atoms. The predicted octanol–water partition coefficient (Wildman–Crippen LogP) is 0.952. The number of anilines is 1. The Bertz CT molecular complexity index is 366. The van der Waals surface area contributed by atoms with Gasteiger partial charge in [0.1, 0.15) is 0 Å². The highest BCUT2D eigenvalue weighted by molar-refractivity contribution is 5.28. The molecule has 6 nitrogen and oxygen atoms in total. The number of nitrogens with zero attached hydrogens (tertiary/aromatic N) is 3. The molecule has 1 atom stereocenters. The van der Waals surface area contributed by atoms with Gasteiger partial charge >= 0.3 is 0 Å². The molecule has 0 aromatic carbocycles. The molecule has 1 aromatic heterocycles. The van der Waals surface area contributed by atoms with E-state index in [-0.39, 0.29) is 11.5 Å². The third kappa shape index (κ3) is 2.76. The molecule has 2 rings (SSSR count). The normalized spacial score (nSPS) is 19.4. The van der Waals surface area contributed by atoms with Gasteiger partial charge in [0.2, 0.25) is 5.89 Å². The maximum Gasteiger partial charge on any atom is 0.266 e. The molecule has 1 fully saturated rings. The zero-order valence-corrected chi connectivity index (χ0v) is 10.6. The van der Waals surface area contributed by atoms with Crippen LogP contribution < -0.4 is 10.6 Å². The van der Waals surface area contributed by atoms with E-state index in [0.29, 0.717) is 25.1 Å². The van der Waals surface area contributed by atoms with Gasteiger partial charge in [0.05, 0.1) is 19.3 Å². The second-order valence-electron chi connectivity index (χ2n) is 5.38. The smallest absolute Gasteiger partial charge is 0.266 e. The number of hydrogen-bond acceptors (Lipinski definition) is 6. The van der Waals surface area contributed by atoms with Gasteiger partial charge in [-0.15, -0.1) is 0 Å². The van der Waals surface area contributed by atoms with Crippen molar-refractivity contribution < 1.29 is 9.26 Å². The zero-order valence-electron chi connectivity index (χ0n) is 10.6. The van der Waals surface area contributed by atoms with Crippen molar-refractivity contribution in [3.8, 4) is 0 Å². The maximum absolute atomic E-state index is 6.08. The summed E-state index contributed by atoms with van der Waals surface area (Å²) in [6.45, 7) is 9.15. The first-order chi connectivity index (χ1) is 7.98. The van der Waals surface area contributed by atoms with Crippen molar-refractivity contribution in [1.29, 1.82) is 0 Å². The van der Waals surface area contributed by atoms with Crippen LogP contribution in [0.3, 0.4) is 0 Å². The third-order valence-corrected chi connectivity index (χ3v) is 2.92. The van der Waals surface area contributed by atoms with E-state index in [1.54, 1.807) is 0 Å². The lowest BCUT2D eigenvalue weighted by Crippen LogP contribution is -2.37. The van der Waals surface area contributed by atoms with Gasteiger partial charge in [-0.2, -0.15) is 4.98 Å². The van der Waals surface area contributed by atoms with E-state index < -0.39 is 0 Å². The number of morpholine rings is 1. The Morgan fingerprint density at radius 1 is 1.29 bits per heavy atom. The first kappa shape index (κ1) is 12.3. The zero-order chi connectivity index (χ0) is 12.5. The van der Waals surface area contributed by atoms with Crippen molar-refractivity contribution in [2.45, 2.75) is 26.8 Å². The molecule has 0 saturated carbocycles. The lowest BCUT2D eigenvalue weighted by atomic mass is 9.87. The molecule has 0 aliphatic carbocycles. The molecule has 2 heterocycles. The van der Waals surface area contributed by atoms with E-state index >= 15 is 0 Å². The third-order valence-electron chi connectivity index (χ3n) is 2.92. The summed E-state index contributed by atoms with van der Waals surface area (Å²) in [5, 5.41) is 3.98. The van der Waals surface area contributed by atoms with Crippen LogP contribution >= 0.6 is 0 Å². The van der Waals surface area contributed by atoms with Crippen LogP contribution in [-0.2, 0) is 4.74 Å². The molecule has 1 aromatic rings. The van der Waals surface area contributed by atoms with E-state index in [4.69, 9.17) is 15.0 Å². The van der Waals surface area contributed by atoms with E-state index in [1.807, 2.05) is 4.90 Å². The van der Waals surface area contributed by atoms with Crippen molar-refractivity contribution in [3.05, 3.63) is 5.89 Å². The van der Waals surface area contributed by atoms with Gasteiger partial charge in [0.25, 0.3) is 5.95 Å². The molecule has 0 spiro atoms. The van der Waals surface area contributed by atoms with Crippen molar-refractivity contribution in [1.82, 2.24) is 10.1 Å². The average Bonchev–Trinajstić information content (AvgIpc) is 2.77. The molecular weight excluding hydrogens is 220 g/mol. The molecule has 1 aliphatic heterocycles. The van der Waals surface area contributed by atoms with Crippen molar-refractivity contribution in [3.63, 3.8) is 0 Å². The highest BCUT2D eigenvalue weighted by Gasteiger charge is 2.28. The molecule has 6 heteroatoms. The molecule has 0 amide bonds. The molecule has 0 unspecified atom stereocenters. The van der Waals surface area contributed by atoms with Crippen LogP contribution in [0.4, 0.5) is 5.95 Å². The number of rotatable bonds is 2. The van der Waals surface area contributed by atoms with Gasteiger partial charge in [0.15, 0.2) is 0 Å². The van der Waals surface area contributed by atoms with Crippen LogP contribution in [0.15, 0.2) is 4.52 Å². The quantitative estimate of drug-likeness (QED) is 0.829. The van der Waals surface area contributed by atoms with Crippen LogP contribution in [0.1, 0.15) is 32.7 Å². The van der Waals surface area contributed by atoms with E-state index in [9.17, 15) is 0 Å². The van der Waals surface area contributed by atoms with Crippen molar-refractivity contribution in [2.24, 2.45) is 11.1 Å². The molecule has 96 valence electrons. The Balaban J connectivity index is 2.10. The summed E-state index contributed by atoms with van der Waals surface area (Å²) in [7, 11) is 0. The number of hydrogen-bond donors (Lipinski definition) is 1. The average molecular weight is 240 g/mol. The Kier molecular flexibility index (Phi) is 3.35. The molecular formula is C11H20N4O2. The van der Waals surface area contributed by atoms with Crippen LogP contribution in [0.2, 0.25) is 0 Å². The minimum atomic E-state index is -0.246. The van der Waals surface area contributed by atoms with E-state index in [1.165, 1.54) is 0 Å². The van der Waals surface area contributed by atoms with Gasteiger partial charge in [-0.05, 0) is 10.6 Å². The van der Waals surface area contributed by atoms with E-state index in [2.05, 4.69) is 30.9 Å². The Hall–Kier alpha value is -1.14. The Morgan fingerprint density at radius 2 is 1.94 bits per heavy atom. The number of aromatic nitrogens is 2. The van der Waals surface area contributed by atoms with Crippen molar-refractivity contribution in [2.75, 3.05) is 31.2 Å². The minimum Gasteiger partial charge on any atom is -0.378 e. The summed E-state index contributed by atoms with van der Waals surface area (Å²) in [6.07, 6.45) is 0. The second kappa shape index (κ2) is 4.62. The van der Waals surface area contributed by atoms with Crippen LogP contribution in [-0.4, -0.2) is 36.4 Å². The summed E-state index contributed by atoms with van der Waals surface area (Å²) < 4.78 is 10.5. The van der Waals surface area contributed by atoms with E-state index in [0.717, 1.165) is 13.1 Å². The molecule has 1 saturated heterocycles. The summed E-state index contributed by atoms with van der Waals surface area (Å²) in [5.74, 6) is 1.11. The maximum atomic E-state index is 6.08. The topological polar surface area (TPSA) is 77.4 Å².